The van der Waals surface area contributed by atoms with Crippen LogP contribution < -0.4 is 16.6 Å². The van der Waals surface area contributed by atoms with Crippen LogP contribution >= 0.6 is 0 Å². The number of nitrogens with zero attached hydrogens (tertiary/aromatic N) is 4. The summed E-state index contributed by atoms with van der Waals surface area (Å²) in [5.41, 5.74) is 9.45. The largest absolute Gasteiger partial charge is 0.383 e. The number of hydrogen-bond donors (Lipinski definition) is 2. The van der Waals surface area contributed by atoms with Gasteiger partial charge < -0.3 is 15.6 Å². The zero-order valence-electron chi connectivity index (χ0n) is 20.5. The molecule has 6 rings (SSSR count). The summed E-state index contributed by atoms with van der Waals surface area (Å²) in [6.45, 7) is 0. The van der Waals surface area contributed by atoms with Gasteiger partial charge in [-0.2, -0.15) is 0 Å². The summed E-state index contributed by atoms with van der Waals surface area (Å²) in [6, 6.07) is 16.3. The van der Waals surface area contributed by atoms with E-state index < -0.39 is 17.3 Å². The van der Waals surface area contributed by atoms with Crippen molar-refractivity contribution < 1.29 is 9.18 Å². The molecular weight excluding hydrogens is 483 g/mol. The summed E-state index contributed by atoms with van der Waals surface area (Å²) in [7, 11) is 0. The first-order chi connectivity index (χ1) is 18.5. The minimum absolute atomic E-state index is 0.0227. The molecule has 5 aromatic rings. The number of hydrogen-bond acceptors (Lipinski definition) is 5. The van der Waals surface area contributed by atoms with Gasteiger partial charge in [-0.1, -0.05) is 25.0 Å². The third kappa shape index (κ3) is 4.21. The van der Waals surface area contributed by atoms with Crippen LogP contribution in [0.5, 0.6) is 0 Å². The van der Waals surface area contributed by atoms with E-state index in [1.54, 1.807) is 24.4 Å². The summed E-state index contributed by atoms with van der Waals surface area (Å²) >= 11 is 0. The Morgan fingerprint density at radius 2 is 1.74 bits per heavy atom. The Morgan fingerprint density at radius 1 is 1.00 bits per heavy atom. The van der Waals surface area contributed by atoms with E-state index in [1.807, 2.05) is 12.1 Å². The number of pyridine rings is 1. The Labute approximate surface area is 217 Å². The van der Waals surface area contributed by atoms with Crippen molar-refractivity contribution >= 4 is 28.4 Å². The molecule has 190 valence electrons. The van der Waals surface area contributed by atoms with Crippen LogP contribution in [0, 0.1) is 5.82 Å². The number of amides is 1. The number of nitrogen functional groups attached to an aromatic ring is 1. The van der Waals surface area contributed by atoms with Gasteiger partial charge in [-0.3, -0.25) is 14.2 Å². The number of benzene rings is 2. The number of anilines is 2. The molecule has 0 saturated heterocycles. The van der Waals surface area contributed by atoms with Gasteiger partial charge in [0.05, 0.1) is 5.39 Å². The third-order valence-corrected chi connectivity index (χ3v) is 7.11. The van der Waals surface area contributed by atoms with E-state index in [1.165, 1.54) is 54.1 Å². The SMILES string of the molecule is Nc1ncnc2c1c(-c1ccc(NC(=O)c3cccn(-c4ccc(F)cc4)c3=O)cc1)cn2C1CCCC1. The van der Waals surface area contributed by atoms with Crippen molar-refractivity contribution in [3.8, 4) is 16.8 Å². The molecule has 1 aliphatic carbocycles. The van der Waals surface area contributed by atoms with Crippen molar-refractivity contribution in [2.24, 2.45) is 0 Å². The highest BCUT2D eigenvalue weighted by atomic mass is 19.1. The van der Waals surface area contributed by atoms with E-state index in [0.717, 1.165) is 35.0 Å². The fourth-order valence-corrected chi connectivity index (χ4v) is 5.19. The number of nitrogens with one attached hydrogen (secondary N) is 1. The Kier molecular flexibility index (Phi) is 5.95. The average molecular weight is 509 g/mol. The topological polar surface area (TPSA) is 108 Å². The molecule has 8 nitrogen and oxygen atoms in total. The first-order valence-electron chi connectivity index (χ1n) is 12.5. The number of carbonyl (C=O) groups excluding carboxylic acids is 1. The van der Waals surface area contributed by atoms with Gasteiger partial charge in [0, 0.05) is 35.4 Å². The van der Waals surface area contributed by atoms with Crippen molar-refractivity contribution in [3.63, 3.8) is 0 Å². The number of carbonyl (C=O) groups is 1. The molecule has 1 saturated carbocycles. The highest BCUT2D eigenvalue weighted by Crippen LogP contribution is 2.38. The summed E-state index contributed by atoms with van der Waals surface area (Å²) in [5, 5.41) is 3.62. The average Bonchev–Trinajstić information content (AvgIpc) is 3.59. The normalized spacial score (nSPS) is 13.7. The first-order valence-corrected chi connectivity index (χ1v) is 12.5. The molecule has 0 radical (unpaired) electrons. The van der Waals surface area contributed by atoms with Crippen LogP contribution in [0.25, 0.3) is 27.8 Å². The molecule has 3 aromatic heterocycles. The van der Waals surface area contributed by atoms with E-state index in [2.05, 4.69) is 26.0 Å². The van der Waals surface area contributed by atoms with Crippen LogP contribution in [-0.4, -0.2) is 25.0 Å². The summed E-state index contributed by atoms with van der Waals surface area (Å²) in [5.74, 6) is -0.507. The van der Waals surface area contributed by atoms with E-state index >= 15 is 0 Å². The van der Waals surface area contributed by atoms with Crippen LogP contribution in [0.1, 0.15) is 42.1 Å². The second-order valence-corrected chi connectivity index (χ2v) is 9.45. The minimum Gasteiger partial charge on any atom is -0.383 e. The molecule has 0 bridgehead atoms. The fraction of sp³-hybridized carbons (Fsp3) is 0.172. The molecule has 9 heteroatoms. The molecule has 1 amide bonds. The van der Waals surface area contributed by atoms with Gasteiger partial charge in [0.1, 0.15) is 29.2 Å². The third-order valence-electron chi connectivity index (χ3n) is 7.11. The number of nitrogens with two attached hydrogens (primary N) is 1. The van der Waals surface area contributed by atoms with Gasteiger partial charge in [-0.15, -0.1) is 0 Å². The first kappa shape index (κ1) is 23.6. The maximum absolute atomic E-state index is 13.3. The maximum atomic E-state index is 13.3. The zero-order chi connectivity index (χ0) is 26.2. The lowest BCUT2D eigenvalue weighted by atomic mass is 10.1. The van der Waals surface area contributed by atoms with Crippen LogP contribution in [-0.2, 0) is 0 Å². The van der Waals surface area contributed by atoms with Crippen LogP contribution in [0.15, 0.2) is 84.2 Å². The molecule has 2 aromatic carbocycles. The molecule has 0 atom stereocenters. The number of fused-ring (bicyclic) bond motifs is 1. The Hall–Kier alpha value is -4.79. The second-order valence-electron chi connectivity index (χ2n) is 9.45. The smallest absolute Gasteiger partial charge is 0.267 e. The molecule has 3 heterocycles. The number of halogens is 1. The van der Waals surface area contributed by atoms with Crippen LogP contribution in [0.2, 0.25) is 0 Å². The lowest BCUT2D eigenvalue weighted by Crippen LogP contribution is -2.27. The van der Waals surface area contributed by atoms with E-state index in [9.17, 15) is 14.0 Å². The Bertz CT molecular complexity index is 1700. The predicted molar refractivity (Wildman–Crippen MR) is 145 cm³/mol. The van der Waals surface area contributed by atoms with Crippen molar-refractivity contribution in [1.29, 1.82) is 0 Å². The van der Waals surface area contributed by atoms with Gasteiger partial charge in [0.25, 0.3) is 11.5 Å². The predicted octanol–water partition coefficient (Wildman–Crippen LogP) is 5.34. The highest BCUT2D eigenvalue weighted by Gasteiger charge is 2.23. The second kappa shape index (κ2) is 9.59. The lowest BCUT2D eigenvalue weighted by Gasteiger charge is -2.12. The summed E-state index contributed by atoms with van der Waals surface area (Å²) in [4.78, 5) is 34.7. The van der Waals surface area contributed by atoms with E-state index in [-0.39, 0.29) is 5.56 Å². The molecule has 3 N–H and O–H groups in total. The molecule has 0 unspecified atom stereocenters. The molecular formula is C29H25FN6O2. The Morgan fingerprint density at radius 3 is 2.47 bits per heavy atom. The van der Waals surface area contributed by atoms with Crippen molar-refractivity contribution in [2.45, 2.75) is 31.7 Å². The van der Waals surface area contributed by atoms with E-state index in [4.69, 9.17) is 5.73 Å². The number of aromatic nitrogens is 4. The molecule has 0 aliphatic heterocycles. The molecule has 0 spiro atoms. The van der Waals surface area contributed by atoms with Gasteiger partial charge in [0.2, 0.25) is 0 Å². The summed E-state index contributed by atoms with van der Waals surface area (Å²) in [6.07, 6.45) is 9.76. The quantitative estimate of drug-likeness (QED) is 0.333. The number of rotatable bonds is 5. The maximum Gasteiger partial charge on any atom is 0.267 e. The van der Waals surface area contributed by atoms with Crippen molar-refractivity contribution in [1.82, 2.24) is 19.1 Å². The van der Waals surface area contributed by atoms with Gasteiger partial charge >= 0.3 is 0 Å². The van der Waals surface area contributed by atoms with Crippen molar-refractivity contribution in [2.75, 3.05) is 11.1 Å². The van der Waals surface area contributed by atoms with Gasteiger partial charge in [0.15, 0.2) is 0 Å². The minimum atomic E-state index is -0.533. The Balaban J connectivity index is 1.28. The van der Waals surface area contributed by atoms with Crippen LogP contribution in [0.3, 0.4) is 0 Å². The van der Waals surface area contributed by atoms with Gasteiger partial charge in [-0.05, 0) is 66.9 Å². The van der Waals surface area contributed by atoms with Crippen LogP contribution in [0.4, 0.5) is 15.9 Å². The van der Waals surface area contributed by atoms with Crippen molar-refractivity contribution in [3.05, 3.63) is 101 Å². The zero-order valence-corrected chi connectivity index (χ0v) is 20.5. The van der Waals surface area contributed by atoms with Gasteiger partial charge in [-0.25, -0.2) is 14.4 Å². The highest BCUT2D eigenvalue weighted by molar-refractivity contribution is 6.04. The molecule has 38 heavy (non-hydrogen) atoms. The summed E-state index contributed by atoms with van der Waals surface area (Å²) < 4.78 is 16.8. The molecule has 1 fully saturated rings. The standard InChI is InChI=1S/C29H25FN6O2/c30-19-9-13-22(14-10-19)35-15-3-6-23(29(35)38)28(37)34-20-11-7-18(8-12-20)24-16-36(21-4-1-2-5-21)27-25(24)26(31)32-17-33-27/h3,6-17,21H,1-2,4-5H2,(H,34,37)(H2,31,32,33). The lowest BCUT2D eigenvalue weighted by molar-refractivity contribution is 0.102. The monoisotopic (exact) mass is 508 g/mol. The molecule has 1 aliphatic rings. The fourth-order valence-electron chi connectivity index (χ4n) is 5.19. The van der Waals surface area contributed by atoms with E-state index in [0.29, 0.717) is 23.2 Å².